The van der Waals surface area contributed by atoms with E-state index >= 15 is 0 Å². The summed E-state index contributed by atoms with van der Waals surface area (Å²) in [7, 11) is 0. The molecule has 2 aromatic carbocycles. The van der Waals surface area contributed by atoms with Crippen molar-refractivity contribution < 1.29 is 22.7 Å². The molecule has 2 rings (SSSR count). The molecule has 0 heterocycles. The summed E-state index contributed by atoms with van der Waals surface area (Å²) >= 11 is 5.63. The summed E-state index contributed by atoms with van der Waals surface area (Å²) in [5.74, 6) is -3.05. The van der Waals surface area contributed by atoms with E-state index in [1.165, 1.54) is 24.3 Å². The lowest BCUT2D eigenvalue weighted by molar-refractivity contribution is 0.0757. The smallest absolute Gasteiger partial charge is 0.192 e. The summed E-state index contributed by atoms with van der Waals surface area (Å²) in [5.41, 5.74) is -0.630. The molecule has 0 fully saturated rings. The molecule has 0 unspecified atom stereocenters. The van der Waals surface area contributed by atoms with Crippen LogP contribution in [0.5, 0.6) is 5.75 Å². The molecule has 0 aromatic heterocycles. The lowest BCUT2D eigenvalue weighted by Gasteiger charge is -2.27. The molecule has 0 atom stereocenters. The molecule has 2 aromatic rings. The Kier molecular flexibility index (Phi) is 5.54. The summed E-state index contributed by atoms with van der Waals surface area (Å²) in [5, 5.41) is -0.246. The van der Waals surface area contributed by atoms with Crippen LogP contribution >= 0.6 is 11.6 Å². The first-order valence-electron chi connectivity index (χ1n) is 7.31. The van der Waals surface area contributed by atoms with Gasteiger partial charge in [-0.25, -0.2) is 13.2 Å². The molecule has 0 N–H and O–H groups in total. The molecule has 0 aliphatic carbocycles. The van der Waals surface area contributed by atoms with Gasteiger partial charge in [-0.1, -0.05) is 11.6 Å². The second-order valence-electron chi connectivity index (χ2n) is 5.96. The Labute approximate surface area is 143 Å². The standard InChI is InChI=1S/C18H16ClF3O2/c1-18(2,24-17-14(21)8-7-13(19)16(17)22)10-9-15(23)11-3-5-12(20)6-4-11/h3-8H,9-10H2,1-2H3. The Balaban J connectivity index is 2.05. The van der Waals surface area contributed by atoms with E-state index in [1.54, 1.807) is 13.8 Å². The SMILES string of the molecule is CC(C)(CCC(=O)c1ccc(F)cc1)Oc1c(F)ccc(Cl)c1F. The van der Waals surface area contributed by atoms with Gasteiger partial charge in [-0.15, -0.1) is 0 Å². The molecule has 0 aliphatic rings. The lowest BCUT2D eigenvalue weighted by Crippen LogP contribution is -2.30. The summed E-state index contributed by atoms with van der Waals surface area (Å²) in [6, 6.07) is 7.30. The van der Waals surface area contributed by atoms with Gasteiger partial charge in [0, 0.05) is 12.0 Å². The first-order chi connectivity index (χ1) is 11.2. The first-order valence-corrected chi connectivity index (χ1v) is 7.69. The molecule has 24 heavy (non-hydrogen) atoms. The monoisotopic (exact) mass is 356 g/mol. The fourth-order valence-electron chi connectivity index (χ4n) is 2.12. The van der Waals surface area contributed by atoms with Crippen LogP contribution in [0.4, 0.5) is 13.2 Å². The maximum Gasteiger partial charge on any atom is 0.192 e. The van der Waals surface area contributed by atoms with Crippen LogP contribution in [0.3, 0.4) is 0 Å². The average molecular weight is 357 g/mol. The molecular formula is C18H16ClF3O2. The van der Waals surface area contributed by atoms with Crippen molar-refractivity contribution in [1.82, 2.24) is 0 Å². The zero-order valence-electron chi connectivity index (χ0n) is 13.2. The van der Waals surface area contributed by atoms with Gasteiger partial charge in [0.15, 0.2) is 23.2 Å². The molecule has 0 aliphatic heterocycles. The molecule has 0 amide bonds. The summed E-state index contributed by atoms with van der Waals surface area (Å²) < 4.78 is 45.9. The normalized spacial score (nSPS) is 11.4. The quantitative estimate of drug-likeness (QED) is 0.499. The van der Waals surface area contributed by atoms with E-state index < -0.39 is 28.8 Å². The van der Waals surface area contributed by atoms with Gasteiger partial charge in [0.2, 0.25) is 0 Å². The highest BCUT2D eigenvalue weighted by molar-refractivity contribution is 6.30. The Morgan fingerprint density at radius 2 is 1.71 bits per heavy atom. The Hall–Kier alpha value is -2.01. The van der Waals surface area contributed by atoms with Gasteiger partial charge < -0.3 is 4.74 Å². The molecule has 6 heteroatoms. The van der Waals surface area contributed by atoms with E-state index in [1.807, 2.05) is 0 Å². The van der Waals surface area contributed by atoms with E-state index in [4.69, 9.17) is 16.3 Å². The molecule has 0 saturated carbocycles. The predicted octanol–water partition coefficient (Wildman–Crippen LogP) is 5.58. The third-order valence-electron chi connectivity index (χ3n) is 3.50. The number of carbonyl (C=O) groups excluding carboxylic acids is 1. The minimum Gasteiger partial charge on any atom is -0.482 e. The van der Waals surface area contributed by atoms with Crippen molar-refractivity contribution >= 4 is 17.4 Å². The highest BCUT2D eigenvalue weighted by Crippen LogP contribution is 2.32. The van der Waals surface area contributed by atoms with Crippen molar-refractivity contribution in [3.05, 3.63) is 64.4 Å². The molecule has 0 spiro atoms. The average Bonchev–Trinajstić information content (AvgIpc) is 2.54. The van der Waals surface area contributed by atoms with E-state index in [0.29, 0.717) is 5.56 Å². The highest BCUT2D eigenvalue weighted by Gasteiger charge is 2.26. The number of halogens is 4. The molecule has 0 saturated heterocycles. The maximum absolute atomic E-state index is 13.9. The van der Waals surface area contributed by atoms with E-state index in [2.05, 4.69) is 0 Å². The number of Topliss-reactive ketones (excluding diaryl/α,β-unsaturated/α-hetero) is 1. The molecular weight excluding hydrogens is 341 g/mol. The number of benzene rings is 2. The van der Waals surface area contributed by atoms with Crippen molar-refractivity contribution in [1.29, 1.82) is 0 Å². The number of ketones is 1. The first kappa shape index (κ1) is 18.3. The molecule has 0 bridgehead atoms. The minimum atomic E-state index is -0.998. The van der Waals surface area contributed by atoms with Crippen LogP contribution in [-0.4, -0.2) is 11.4 Å². The van der Waals surface area contributed by atoms with Crippen LogP contribution in [0.25, 0.3) is 0 Å². The fraction of sp³-hybridized carbons (Fsp3) is 0.278. The van der Waals surface area contributed by atoms with Crippen molar-refractivity contribution in [2.45, 2.75) is 32.3 Å². The third-order valence-corrected chi connectivity index (χ3v) is 3.79. The minimum absolute atomic E-state index is 0.0858. The second-order valence-corrected chi connectivity index (χ2v) is 6.37. The van der Waals surface area contributed by atoms with Gasteiger partial charge in [0.25, 0.3) is 0 Å². The van der Waals surface area contributed by atoms with Crippen LogP contribution in [0.1, 0.15) is 37.0 Å². The van der Waals surface area contributed by atoms with E-state index in [-0.39, 0.29) is 23.6 Å². The van der Waals surface area contributed by atoms with Crippen molar-refractivity contribution in [3.63, 3.8) is 0 Å². The zero-order valence-corrected chi connectivity index (χ0v) is 14.0. The van der Waals surface area contributed by atoms with Gasteiger partial charge in [-0.05, 0) is 56.7 Å². The Bertz CT molecular complexity index is 743. The number of carbonyl (C=O) groups is 1. The largest absolute Gasteiger partial charge is 0.482 e. The Morgan fingerprint density at radius 3 is 2.33 bits per heavy atom. The van der Waals surface area contributed by atoms with Gasteiger partial charge in [-0.2, -0.15) is 0 Å². The van der Waals surface area contributed by atoms with Crippen molar-refractivity contribution in [2.75, 3.05) is 0 Å². The maximum atomic E-state index is 13.9. The number of ether oxygens (including phenoxy) is 1. The summed E-state index contributed by atoms with van der Waals surface area (Å²) in [6.07, 6.45) is 0.303. The van der Waals surface area contributed by atoms with Crippen LogP contribution in [0.15, 0.2) is 36.4 Å². The van der Waals surface area contributed by atoms with Gasteiger partial charge in [-0.3, -0.25) is 4.79 Å². The number of rotatable bonds is 6. The third kappa shape index (κ3) is 4.51. The van der Waals surface area contributed by atoms with Crippen molar-refractivity contribution in [3.8, 4) is 5.75 Å². The number of hydrogen-bond donors (Lipinski definition) is 0. The van der Waals surface area contributed by atoms with Crippen LogP contribution in [-0.2, 0) is 0 Å². The molecule has 2 nitrogen and oxygen atoms in total. The topological polar surface area (TPSA) is 26.3 Å². The second kappa shape index (κ2) is 7.26. The molecule has 128 valence electrons. The van der Waals surface area contributed by atoms with E-state index in [0.717, 1.165) is 12.1 Å². The van der Waals surface area contributed by atoms with Crippen LogP contribution in [0, 0.1) is 17.5 Å². The van der Waals surface area contributed by atoms with Crippen molar-refractivity contribution in [2.24, 2.45) is 0 Å². The molecule has 0 radical (unpaired) electrons. The highest BCUT2D eigenvalue weighted by atomic mass is 35.5. The van der Waals surface area contributed by atoms with Crippen LogP contribution < -0.4 is 4.74 Å². The van der Waals surface area contributed by atoms with Gasteiger partial charge in [0.1, 0.15) is 11.4 Å². The zero-order chi connectivity index (χ0) is 17.9. The lowest BCUT2D eigenvalue weighted by atomic mass is 9.97. The fourth-order valence-corrected chi connectivity index (χ4v) is 2.27. The Morgan fingerprint density at radius 1 is 1.08 bits per heavy atom. The van der Waals surface area contributed by atoms with E-state index in [9.17, 15) is 18.0 Å². The summed E-state index contributed by atoms with van der Waals surface area (Å²) in [4.78, 5) is 12.1. The predicted molar refractivity (Wildman–Crippen MR) is 86.0 cm³/mol. The number of hydrogen-bond acceptors (Lipinski definition) is 2. The summed E-state index contributed by atoms with van der Waals surface area (Å²) in [6.45, 7) is 3.23. The van der Waals surface area contributed by atoms with Gasteiger partial charge in [0.05, 0.1) is 5.02 Å². The van der Waals surface area contributed by atoms with Crippen LogP contribution in [0.2, 0.25) is 5.02 Å². The van der Waals surface area contributed by atoms with Gasteiger partial charge >= 0.3 is 0 Å².